The average Bonchev–Trinajstić information content (AvgIpc) is 2.51. The molecule has 0 aliphatic carbocycles. The largest absolute Gasteiger partial charge is 0.352 e. The second-order valence-corrected chi connectivity index (χ2v) is 7.14. The molecular formula is C16H26N2O3S. The summed E-state index contributed by atoms with van der Waals surface area (Å²) in [7, 11) is -3.59. The van der Waals surface area contributed by atoms with Gasteiger partial charge in [0.2, 0.25) is 10.0 Å². The maximum absolute atomic E-state index is 12.2. The van der Waals surface area contributed by atoms with Crippen molar-refractivity contribution in [3.8, 4) is 0 Å². The fraction of sp³-hybridized carbons (Fsp3) is 0.562. The molecule has 22 heavy (non-hydrogen) atoms. The lowest BCUT2D eigenvalue weighted by Gasteiger charge is -2.13. The van der Waals surface area contributed by atoms with Crippen LogP contribution in [0, 0.1) is 0 Å². The van der Waals surface area contributed by atoms with Crippen LogP contribution in [0.4, 0.5) is 0 Å². The van der Waals surface area contributed by atoms with Crippen molar-refractivity contribution < 1.29 is 13.2 Å². The van der Waals surface area contributed by atoms with Crippen LogP contribution in [0.5, 0.6) is 0 Å². The van der Waals surface area contributed by atoms with E-state index in [4.69, 9.17) is 0 Å². The number of benzene rings is 1. The Kier molecular flexibility index (Phi) is 7.55. The fourth-order valence-corrected chi connectivity index (χ4v) is 3.27. The van der Waals surface area contributed by atoms with Gasteiger partial charge in [-0.15, -0.1) is 0 Å². The highest BCUT2D eigenvalue weighted by Crippen LogP contribution is 2.12. The monoisotopic (exact) mass is 326 g/mol. The van der Waals surface area contributed by atoms with Crippen LogP contribution in [0.15, 0.2) is 29.2 Å². The van der Waals surface area contributed by atoms with Crippen molar-refractivity contribution in [2.24, 2.45) is 0 Å². The molecule has 0 radical (unpaired) electrons. The number of carbonyl (C=O) groups excluding carboxylic acids is 1. The van der Waals surface area contributed by atoms with Gasteiger partial charge in [0.25, 0.3) is 5.91 Å². The van der Waals surface area contributed by atoms with E-state index in [-0.39, 0.29) is 16.8 Å². The first-order chi connectivity index (χ1) is 10.4. The van der Waals surface area contributed by atoms with Gasteiger partial charge >= 0.3 is 0 Å². The normalized spacial score (nSPS) is 12.9. The van der Waals surface area contributed by atoms with Gasteiger partial charge in [-0.25, -0.2) is 13.1 Å². The molecule has 1 aromatic rings. The summed E-state index contributed by atoms with van der Waals surface area (Å²) < 4.78 is 27.1. The van der Waals surface area contributed by atoms with Gasteiger partial charge < -0.3 is 5.32 Å². The zero-order valence-electron chi connectivity index (χ0n) is 13.6. The Bertz CT molecular complexity index is 585. The Morgan fingerprint density at radius 1 is 1.23 bits per heavy atom. The highest BCUT2D eigenvalue weighted by Gasteiger charge is 2.18. The van der Waals surface area contributed by atoms with Crippen molar-refractivity contribution in [2.75, 3.05) is 6.54 Å². The molecule has 0 fully saturated rings. The van der Waals surface area contributed by atoms with E-state index in [1.54, 1.807) is 12.1 Å². The van der Waals surface area contributed by atoms with Gasteiger partial charge in [0.1, 0.15) is 0 Å². The Morgan fingerprint density at radius 2 is 1.95 bits per heavy atom. The molecule has 0 aromatic heterocycles. The van der Waals surface area contributed by atoms with Gasteiger partial charge in [-0.1, -0.05) is 32.8 Å². The molecule has 5 nitrogen and oxygen atoms in total. The molecule has 6 heteroatoms. The maximum atomic E-state index is 12.2. The van der Waals surface area contributed by atoms with Gasteiger partial charge in [-0.2, -0.15) is 0 Å². The highest BCUT2D eigenvalue weighted by molar-refractivity contribution is 7.89. The summed E-state index contributed by atoms with van der Waals surface area (Å²) in [6.45, 7) is 6.42. The van der Waals surface area contributed by atoms with Crippen LogP contribution < -0.4 is 10.0 Å². The smallest absolute Gasteiger partial charge is 0.251 e. The number of sulfonamides is 1. The molecule has 0 spiro atoms. The zero-order valence-corrected chi connectivity index (χ0v) is 14.4. The molecule has 0 aliphatic rings. The minimum atomic E-state index is -3.59. The average molecular weight is 326 g/mol. The van der Waals surface area contributed by atoms with Gasteiger partial charge in [0.05, 0.1) is 4.90 Å². The topological polar surface area (TPSA) is 75.3 Å². The minimum absolute atomic E-state index is 0.119. The second-order valence-electron chi connectivity index (χ2n) is 5.42. The van der Waals surface area contributed by atoms with Gasteiger partial charge in [0, 0.05) is 18.2 Å². The molecule has 0 aliphatic heterocycles. The quantitative estimate of drug-likeness (QED) is 0.685. The van der Waals surface area contributed by atoms with Crippen LogP contribution in [0.1, 0.15) is 56.8 Å². The molecule has 124 valence electrons. The number of amides is 1. The number of nitrogens with one attached hydrogen (secondary N) is 2. The van der Waals surface area contributed by atoms with Crippen LogP contribution in [0.25, 0.3) is 0 Å². The molecule has 1 rings (SSSR count). The van der Waals surface area contributed by atoms with E-state index < -0.39 is 10.0 Å². The van der Waals surface area contributed by atoms with E-state index in [0.717, 1.165) is 19.3 Å². The van der Waals surface area contributed by atoms with E-state index in [1.165, 1.54) is 12.1 Å². The van der Waals surface area contributed by atoms with Crippen LogP contribution in [0.2, 0.25) is 0 Å². The van der Waals surface area contributed by atoms with Crippen molar-refractivity contribution in [3.63, 3.8) is 0 Å². The Morgan fingerprint density at radius 3 is 2.59 bits per heavy atom. The first kappa shape index (κ1) is 18.6. The number of unbranched alkanes of at least 4 members (excludes halogenated alkanes) is 2. The lowest BCUT2D eigenvalue weighted by Crippen LogP contribution is -2.32. The predicted octanol–water partition coefficient (Wildman–Crippen LogP) is 2.68. The van der Waals surface area contributed by atoms with Crippen LogP contribution in [0.3, 0.4) is 0 Å². The van der Waals surface area contributed by atoms with Crippen LogP contribution in [-0.4, -0.2) is 26.9 Å². The van der Waals surface area contributed by atoms with Gasteiger partial charge in [-0.3, -0.25) is 4.79 Å². The van der Waals surface area contributed by atoms with E-state index in [9.17, 15) is 13.2 Å². The number of carbonyl (C=O) groups is 1. The maximum Gasteiger partial charge on any atom is 0.251 e. The summed E-state index contributed by atoms with van der Waals surface area (Å²) in [5.41, 5.74) is 0.364. The van der Waals surface area contributed by atoms with Gasteiger partial charge in [0.15, 0.2) is 0 Å². The molecule has 0 saturated heterocycles. The molecule has 1 aromatic carbocycles. The number of hydrogen-bond acceptors (Lipinski definition) is 3. The predicted molar refractivity (Wildman–Crippen MR) is 88.4 cm³/mol. The lowest BCUT2D eigenvalue weighted by molar-refractivity contribution is 0.0952. The van der Waals surface area contributed by atoms with Crippen molar-refractivity contribution in [1.29, 1.82) is 0 Å². The first-order valence-electron chi connectivity index (χ1n) is 7.81. The molecule has 0 heterocycles. The standard InChI is InChI=1S/C16H26N2O3S/c1-4-6-7-11-17-16(19)14-9-8-10-15(12-14)22(20,21)18-13(3)5-2/h8-10,12-13,18H,4-7,11H2,1-3H3,(H,17,19). The number of rotatable bonds is 9. The molecule has 1 atom stereocenters. The van der Waals surface area contributed by atoms with E-state index >= 15 is 0 Å². The van der Waals surface area contributed by atoms with E-state index in [2.05, 4.69) is 17.0 Å². The summed E-state index contributed by atoms with van der Waals surface area (Å²) in [4.78, 5) is 12.2. The van der Waals surface area contributed by atoms with Crippen LogP contribution in [-0.2, 0) is 10.0 Å². The highest BCUT2D eigenvalue weighted by atomic mass is 32.2. The third-order valence-electron chi connectivity index (χ3n) is 3.44. The van der Waals surface area contributed by atoms with Crippen molar-refractivity contribution in [1.82, 2.24) is 10.0 Å². The molecular weight excluding hydrogens is 300 g/mol. The number of hydrogen-bond donors (Lipinski definition) is 2. The second kappa shape index (κ2) is 8.90. The summed E-state index contributed by atoms with van der Waals surface area (Å²) in [5.74, 6) is -0.239. The van der Waals surface area contributed by atoms with Crippen molar-refractivity contribution in [3.05, 3.63) is 29.8 Å². The summed E-state index contributed by atoms with van der Waals surface area (Å²) in [6, 6.07) is 5.98. The third-order valence-corrected chi connectivity index (χ3v) is 5.03. The molecule has 0 saturated carbocycles. The lowest BCUT2D eigenvalue weighted by atomic mass is 10.2. The van der Waals surface area contributed by atoms with Gasteiger partial charge in [-0.05, 0) is 38.0 Å². The summed E-state index contributed by atoms with van der Waals surface area (Å²) >= 11 is 0. The summed E-state index contributed by atoms with van der Waals surface area (Å²) in [6.07, 6.45) is 3.78. The van der Waals surface area contributed by atoms with Crippen LogP contribution >= 0.6 is 0 Å². The van der Waals surface area contributed by atoms with E-state index in [1.807, 2.05) is 13.8 Å². The molecule has 2 N–H and O–H groups in total. The Balaban J connectivity index is 2.79. The fourth-order valence-electron chi connectivity index (χ4n) is 1.90. The zero-order chi connectivity index (χ0) is 16.6. The summed E-state index contributed by atoms with van der Waals surface area (Å²) in [5, 5.41) is 2.81. The third kappa shape index (κ3) is 5.77. The minimum Gasteiger partial charge on any atom is -0.352 e. The molecule has 1 unspecified atom stereocenters. The van der Waals surface area contributed by atoms with Crippen molar-refractivity contribution >= 4 is 15.9 Å². The molecule has 0 bridgehead atoms. The SMILES string of the molecule is CCCCCNC(=O)c1cccc(S(=O)(=O)NC(C)CC)c1. The van der Waals surface area contributed by atoms with Crippen molar-refractivity contribution in [2.45, 2.75) is 57.4 Å². The van der Waals surface area contributed by atoms with E-state index in [0.29, 0.717) is 18.5 Å². The molecule has 1 amide bonds. The first-order valence-corrected chi connectivity index (χ1v) is 9.29. The Hall–Kier alpha value is -1.40. The Labute approximate surface area is 133 Å².